The lowest BCUT2D eigenvalue weighted by Gasteiger charge is -2.33. The van der Waals surface area contributed by atoms with E-state index in [0.717, 1.165) is 38.8 Å². The number of hydrogen-bond donors (Lipinski definition) is 2. The maximum Gasteiger partial charge on any atom is 0.0623 e. The van der Waals surface area contributed by atoms with Crippen LogP contribution in [0.1, 0.15) is 50.2 Å². The molecule has 5 heteroatoms. The summed E-state index contributed by atoms with van der Waals surface area (Å²) >= 11 is 0. The fraction of sp³-hybridized carbons (Fsp3) is 0.739. The maximum atomic E-state index is 5.72. The minimum atomic E-state index is 0. The van der Waals surface area contributed by atoms with Crippen LogP contribution in [0.2, 0.25) is 0 Å². The van der Waals surface area contributed by atoms with Gasteiger partial charge < -0.3 is 15.4 Å². The Morgan fingerprint density at radius 3 is 2.64 bits per heavy atom. The molecule has 1 aromatic rings. The van der Waals surface area contributed by atoms with Gasteiger partial charge in [0.1, 0.15) is 0 Å². The summed E-state index contributed by atoms with van der Waals surface area (Å²) in [6, 6.07) is 10.2. The molecule has 3 aliphatic rings. The molecule has 1 aromatic carbocycles. The molecule has 158 valence electrons. The first kappa shape index (κ1) is 22.0. The highest BCUT2D eigenvalue weighted by Crippen LogP contribution is 2.30. The van der Waals surface area contributed by atoms with Crippen LogP contribution >= 0.6 is 12.4 Å². The molecular weight excluding hydrogens is 370 g/mol. The molecule has 0 spiro atoms. The van der Waals surface area contributed by atoms with Crippen molar-refractivity contribution in [2.24, 2.45) is 11.8 Å². The van der Waals surface area contributed by atoms with Crippen molar-refractivity contribution >= 4 is 12.4 Å². The molecule has 2 N–H and O–H groups in total. The first-order chi connectivity index (χ1) is 13.3. The molecule has 3 fully saturated rings. The Bertz CT molecular complexity index is 585. The third-order valence-electron chi connectivity index (χ3n) is 6.98. The summed E-state index contributed by atoms with van der Waals surface area (Å²) in [6.45, 7) is 9.75. The second-order valence-electron chi connectivity index (χ2n) is 8.95. The fourth-order valence-corrected chi connectivity index (χ4v) is 5.17. The summed E-state index contributed by atoms with van der Waals surface area (Å²) in [6.07, 6.45) is 6.66. The van der Waals surface area contributed by atoms with Gasteiger partial charge in [-0.25, -0.2) is 0 Å². The highest BCUT2D eigenvalue weighted by atomic mass is 35.5. The SMILES string of the molecule is CC1CCN(Cc2ccccc2CNC2CCCC2C2COCCN2)CC1.Cl. The van der Waals surface area contributed by atoms with Gasteiger partial charge in [0.2, 0.25) is 0 Å². The largest absolute Gasteiger partial charge is 0.379 e. The van der Waals surface area contributed by atoms with Gasteiger partial charge in [-0.15, -0.1) is 12.4 Å². The summed E-state index contributed by atoms with van der Waals surface area (Å²) in [4.78, 5) is 2.64. The predicted molar refractivity (Wildman–Crippen MR) is 118 cm³/mol. The van der Waals surface area contributed by atoms with E-state index in [2.05, 4.69) is 46.7 Å². The molecule has 0 bridgehead atoms. The standard InChI is InChI=1S/C23H37N3O.ClH/c1-18-9-12-26(13-10-18)16-20-6-3-2-5-19(20)15-25-22-8-4-7-21(22)23-17-27-14-11-24-23;/h2-3,5-6,18,21-25H,4,7-17H2,1H3;1H. The Morgan fingerprint density at radius 2 is 1.89 bits per heavy atom. The molecule has 4 nitrogen and oxygen atoms in total. The molecule has 0 aromatic heterocycles. The summed E-state index contributed by atoms with van der Waals surface area (Å²) in [5, 5.41) is 7.60. The van der Waals surface area contributed by atoms with E-state index >= 15 is 0 Å². The Kier molecular flexibility index (Phi) is 8.61. The zero-order valence-corrected chi connectivity index (χ0v) is 18.2. The summed E-state index contributed by atoms with van der Waals surface area (Å²) in [5.41, 5.74) is 2.99. The Labute approximate surface area is 177 Å². The molecule has 1 aliphatic carbocycles. The molecule has 2 saturated heterocycles. The number of ether oxygens (including phenoxy) is 1. The molecule has 3 atom stereocenters. The van der Waals surface area contributed by atoms with Crippen molar-refractivity contribution in [1.82, 2.24) is 15.5 Å². The molecular formula is C23H38ClN3O. The van der Waals surface area contributed by atoms with Crippen LogP contribution in [0.3, 0.4) is 0 Å². The van der Waals surface area contributed by atoms with Crippen LogP contribution in [0.25, 0.3) is 0 Å². The van der Waals surface area contributed by atoms with Gasteiger partial charge in [0.05, 0.1) is 13.2 Å². The van der Waals surface area contributed by atoms with Crippen molar-refractivity contribution in [3.63, 3.8) is 0 Å². The number of nitrogens with one attached hydrogen (secondary N) is 2. The minimum Gasteiger partial charge on any atom is -0.379 e. The number of likely N-dealkylation sites (tertiary alicyclic amines) is 1. The first-order valence-electron chi connectivity index (χ1n) is 11.1. The number of morpholine rings is 1. The third kappa shape index (κ3) is 5.70. The molecule has 0 amide bonds. The van der Waals surface area contributed by atoms with Crippen LogP contribution in [0, 0.1) is 11.8 Å². The molecule has 4 rings (SSSR count). The van der Waals surface area contributed by atoms with Gasteiger partial charge in [0, 0.05) is 31.7 Å². The highest BCUT2D eigenvalue weighted by molar-refractivity contribution is 5.85. The quantitative estimate of drug-likeness (QED) is 0.755. The fourth-order valence-electron chi connectivity index (χ4n) is 5.17. The van der Waals surface area contributed by atoms with Crippen molar-refractivity contribution in [3.8, 4) is 0 Å². The Hall–Kier alpha value is -0.650. The van der Waals surface area contributed by atoms with Gasteiger partial charge in [-0.2, -0.15) is 0 Å². The minimum absolute atomic E-state index is 0. The molecule has 0 radical (unpaired) electrons. The van der Waals surface area contributed by atoms with E-state index in [1.54, 1.807) is 0 Å². The summed E-state index contributed by atoms with van der Waals surface area (Å²) < 4.78 is 5.72. The van der Waals surface area contributed by atoms with Gasteiger partial charge in [0.25, 0.3) is 0 Å². The monoisotopic (exact) mass is 407 g/mol. The molecule has 2 heterocycles. The lowest BCUT2D eigenvalue weighted by molar-refractivity contribution is 0.0524. The number of benzene rings is 1. The zero-order chi connectivity index (χ0) is 18.5. The zero-order valence-electron chi connectivity index (χ0n) is 17.4. The van der Waals surface area contributed by atoms with E-state index in [4.69, 9.17) is 4.74 Å². The van der Waals surface area contributed by atoms with Crippen LogP contribution in [-0.4, -0.2) is 49.8 Å². The van der Waals surface area contributed by atoms with Gasteiger partial charge in [-0.3, -0.25) is 4.90 Å². The van der Waals surface area contributed by atoms with Crippen LogP contribution < -0.4 is 10.6 Å². The van der Waals surface area contributed by atoms with E-state index in [0.29, 0.717) is 18.0 Å². The average Bonchev–Trinajstić information content (AvgIpc) is 3.18. The van der Waals surface area contributed by atoms with E-state index in [1.165, 1.54) is 56.3 Å². The van der Waals surface area contributed by atoms with E-state index in [-0.39, 0.29) is 12.4 Å². The summed E-state index contributed by atoms with van der Waals surface area (Å²) in [5.74, 6) is 1.61. The van der Waals surface area contributed by atoms with Gasteiger partial charge in [-0.05, 0) is 61.7 Å². The second-order valence-corrected chi connectivity index (χ2v) is 8.95. The average molecular weight is 408 g/mol. The number of hydrogen-bond acceptors (Lipinski definition) is 4. The Morgan fingerprint density at radius 1 is 1.11 bits per heavy atom. The third-order valence-corrected chi connectivity index (χ3v) is 6.98. The number of rotatable bonds is 6. The van der Waals surface area contributed by atoms with Crippen molar-refractivity contribution in [1.29, 1.82) is 0 Å². The molecule has 28 heavy (non-hydrogen) atoms. The normalized spacial score (nSPS) is 29.5. The van der Waals surface area contributed by atoms with Gasteiger partial charge >= 0.3 is 0 Å². The van der Waals surface area contributed by atoms with Crippen LogP contribution in [-0.2, 0) is 17.8 Å². The number of piperidine rings is 1. The van der Waals surface area contributed by atoms with Crippen molar-refractivity contribution in [3.05, 3.63) is 35.4 Å². The Balaban J connectivity index is 0.00000225. The lowest BCUT2D eigenvalue weighted by atomic mass is 9.93. The molecule has 2 aliphatic heterocycles. The number of halogens is 1. The van der Waals surface area contributed by atoms with Gasteiger partial charge in [0.15, 0.2) is 0 Å². The first-order valence-corrected chi connectivity index (χ1v) is 11.1. The van der Waals surface area contributed by atoms with E-state index in [9.17, 15) is 0 Å². The van der Waals surface area contributed by atoms with Crippen molar-refractivity contribution in [2.45, 2.75) is 64.2 Å². The van der Waals surface area contributed by atoms with E-state index in [1.807, 2.05) is 0 Å². The van der Waals surface area contributed by atoms with Gasteiger partial charge in [-0.1, -0.05) is 37.6 Å². The highest BCUT2D eigenvalue weighted by Gasteiger charge is 2.34. The molecule has 3 unspecified atom stereocenters. The lowest BCUT2D eigenvalue weighted by Crippen LogP contribution is -2.50. The smallest absolute Gasteiger partial charge is 0.0623 e. The maximum absolute atomic E-state index is 5.72. The summed E-state index contributed by atoms with van der Waals surface area (Å²) in [7, 11) is 0. The number of nitrogens with zero attached hydrogens (tertiary/aromatic N) is 1. The van der Waals surface area contributed by atoms with Crippen molar-refractivity contribution < 1.29 is 4.74 Å². The van der Waals surface area contributed by atoms with E-state index < -0.39 is 0 Å². The van der Waals surface area contributed by atoms with Crippen LogP contribution in [0.4, 0.5) is 0 Å². The van der Waals surface area contributed by atoms with Crippen LogP contribution in [0.5, 0.6) is 0 Å². The van der Waals surface area contributed by atoms with Crippen molar-refractivity contribution in [2.75, 3.05) is 32.8 Å². The molecule has 1 saturated carbocycles. The second kappa shape index (κ2) is 10.9. The predicted octanol–water partition coefficient (Wildman–Crippen LogP) is 3.59. The van der Waals surface area contributed by atoms with Crippen LogP contribution in [0.15, 0.2) is 24.3 Å². The topological polar surface area (TPSA) is 36.5 Å².